The van der Waals surface area contributed by atoms with E-state index >= 15 is 0 Å². The molecule has 224 valence electrons. The van der Waals surface area contributed by atoms with Gasteiger partial charge in [-0.15, -0.1) is 0 Å². The molecule has 2 N–H and O–H groups in total. The Labute approximate surface area is 266 Å². The van der Waals surface area contributed by atoms with Gasteiger partial charge in [0.05, 0.1) is 15.9 Å². The molecule has 0 aliphatic heterocycles. The minimum atomic E-state index is -4.14. The average Bonchev–Trinajstić information content (AvgIpc) is 2.82. The molecule has 13 heteroatoms. The van der Waals surface area contributed by atoms with Crippen LogP contribution in [0.25, 0.3) is 0 Å². The van der Waals surface area contributed by atoms with E-state index in [9.17, 15) is 31.3 Å². The zero-order valence-electron chi connectivity index (χ0n) is 23.8. The van der Waals surface area contributed by atoms with Crippen LogP contribution in [0.4, 0.5) is 0 Å². The van der Waals surface area contributed by atoms with Crippen molar-refractivity contribution in [3.8, 4) is 0 Å². The van der Waals surface area contributed by atoms with Crippen LogP contribution < -0.4 is 10.4 Å². The SMILES string of the molecule is CCCCCC/C=C/C(=O)NCCCCS(=O)(=O)O.CCCCCC/C=C/C([O-])=NCCCCS(=O)(=O)[O-].[Ca+2]. The Kier molecular flexibility index (Phi) is 32.0. The Morgan fingerprint density at radius 3 is 1.85 bits per heavy atom. The average molecular weight is 621 g/mol. The van der Waals surface area contributed by atoms with Crippen molar-refractivity contribution in [3.05, 3.63) is 24.3 Å². The number of rotatable bonds is 22. The summed E-state index contributed by atoms with van der Waals surface area (Å²) >= 11 is 0. The summed E-state index contributed by atoms with van der Waals surface area (Å²) in [7, 11) is -8.02. The topological polar surface area (TPSA) is 176 Å². The number of carbonyl (C=O) groups excluding carboxylic acids is 1. The van der Waals surface area contributed by atoms with E-state index in [1.165, 1.54) is 50.7 Å². The Balaban J connectivity index is -0.000000648. The van der Waals surface area contributed by atoms with Gasteiger partial charge < -0.3 is 20.0 Å². The molecule has 0 saturated heterocycles. The summed E-state index contributed by atoms with van der Waals surface area (Å²) in [5.74, 6) is -1.08. The standard InChI is InChI=1S/2C13H25NO4S.Ca/c2*1-2-3-4-5-6-7-10-13(15)14-11-8-9-12-19(16,17)18;/h2*7,10H,2-6,8-9,11-12H2,1H3,(H,14,15)(H,16,17,18);/q;;+2/p-2/b2*10-7+;. The van der Waals surface area contributed by atoms with Crippen molar-refractivity contribution < 1.29 is 35.8 Å². The van der Waals surface area contributed by atoms with Crippen LogP contribution in [0.5, 0.6) is 0 Å². The molecule has 0 aliphatic carbocycles. The van der Waals surface area contributed by atoms with Crippen LogP contribution in [0.1, 0.15) is 104 Å². The number of carbonyl (C=O) groups is 1. The van der Waals surface area contributed by atoms with Crippen molar-refractivity contribution in [3.63, 3.8) is 0 Å². The monoisotopic (exact) mass is 620 g/mol. The van der Waals surface area contributed by atoms with Gasteiger partial charge in [-0.05, 0) is 63.3 Å². The molecule has 10 nitrogen and oxygen atoms in total. The number of hydrogen-bond acceptors (Lipinski definition) is 8. The van der Waals surface area contributed by atoms with Crippen molar-refractivity contribution in [2.24, 2.45) is 4.99 Å². The molecule has 0 aromatic carbocycles. The van der Waals surface area contributed by atoms with Gasteiger partial charge in [-0.1, -0.05) is 70.6 Å². The fourth-order valence-corrected chi connectivity index (χ4v) is 4.19. The first-order valence-corrected chi connectivity index (χ1v) is 16.8. The summed E-state index contributed by atoms with van der Waals surface area (Å²) in [6.45, 7) is 5.00. The number of hydrogen-bond donors (Lipinski definition) is 2. The molecule has 0 aromatic heterocycles. The molecule has 0 radical (unpaired) electrons. The summed E-state index contributed by atoms with van der Waals surface area (Å²) < 4.78 is 60.3. The zero-order chi connectivity index (χ0) is 29.1. The van der Waals surface area contributed by atoms with Gasteiger partial charge in [0.15, 0.2) is 0 Å². The summed E-state index contributed by atoms with van der Waals surface area (Å²) in [5.41, 5.74) is 0. The van der Waals surface area contributed by atoms with Gasteiger partial charge in [-0.25, -0.2) is 8.42 Å². The predicted molar refractivity (Wildman–Crippen MR) is 156 cm³/mol. The maximum absolute atomic E-state index is 11.3. The van der Waals surface area contributed by atoms with Crippen molar-refractivity contribution in [1.29, 1.82) is 0 Å². The number of nitrogens with one attached hydrogen (secondary N) is 1. The third-order valence-corrected chi connectivity index (χ3v) is 6.77. The van der Waals surface area contributed by atoms with Crippen LogP contribution in [0, 0.1) is 0 Å². The molecular weight excluding hydrogens is 573 g/mol. The van der Waals surface area contributed by atoms with Gasteiger partial charge >= 0.3 is 37.7 Å². The Morgan fingerprint density at radius 2 is 1.33 bits per heavy atom. The molecule has 0 saturated carbocycles. The molecule has 0 heterocycles. The summed E-state index contributed by atoms with van der Waals surface area (Å²) in [4.78, 5) is 15.1. The largest absolute Gasteiger partial charge is 2.00 e. The van der Waals surface area contributed by atoms with E-state index in [0.717, 1.165) is 25.7 Å². The van der Waals surface area contributed by atoms with Crippen molar-refractivity contribution >= 4 is 69.8 Å². The van der Waals surface area contributed by atoms with Gasteiger partial charge in [0.1, 0.15) is 0 Å². The second kappa shape index (κ2) is 29.0. The van der Waals surface area contributed by atoms with E-state index in [0.29, 0.717) is 25.8 Å². The molecular formula is C26H48CaN2O8S2. The first-order chi connectivity index (χ1) is 17.9. The van der Waals surface area contributed by atoms with Crippen molar-refractivity contribution in [2.75, 3.05) is 24.6 Å². The van der Waals surface area contributed by atoms with Gasteiger partial charge in [0.2, 0.25) is 5.91 Å². The van der Waals surface area contributed by atoms with Crippen molar-refractivity contribution in [1.82, 2.24) is 5.32 Å². The maximum Gasteiger partial charge on any atom is 2.00 e. The molecule has 0 aliphatic rings. The molecule has 0 bridgehead atoms. The van der Waals surface area contributed by atoms with Gasteiger partial charge in [0.25, 0.3) is 10.1 Å². The normalized spacial score (nSPS) is 12.3. The third kappa shape index (κ3) is 42.1. The van der Waals surface area contributed by atoms with Gasteiger partial charge in [-0.3, -0.25) is 9.35 Å². The van der Waals surface area contributed by atoms with Crippen LogP contribution in [0.2, 0.25) is 0 Å². The van der Waals surface area contributed by atoms with E-state index in [2.05, 4.69) is 24.2 Å². The predicted octanol–water partition coefficient (Wildman–Crippen LogP) is 3.51. The van der Waals surface area contributed by atoms with Crippen LogP contribution in [0.15, 0.2) is 29.3 Å². The van der Waals surface area contributed by atoms with Crippen LogP contribution in [-0.4, -0.2) is 100 Å². The molecule has 0 atom stereocenters. The minimum Gasteiger partial charge on any atom is -0.859 e. The van der Waals surface area contributed by atoms with E-state index in [1.807, 2.05) is 12.2 Å². The first kappa shape index (κ1) is 43.0. The molecule has 1 amide bonds. The molecule has 0 spiro atoms. The minimum absolute atomic E-state index is 0. The summed E-state index contributed by atoms with van der Waals surface area (Å²) in [6.07, 6.45) is 19.4. The van der Waals surface area contributed by atoms with Gasteiger partial charge in [-0.2, -0.15) is 8.42 Å². The Bertz CT molecular complexity index is 890. The number of amides is 1. The molecule has 39 heavy (non-hydrogen) atoms. The van der Waals surface area contributed by atoms with E-state index in [4.69, 9.17) is 4.55 Å². The van der Waals surface area contributed by atoms with Crippen molar-refractivity contribution in [2.45, 2.75) is 104 Å². The number of aliphatic imine (C=N–C) groups is 1. The zero-order valence-corrected chi connectivity index (χ0v) is 27.7. The van der Waals surface area contributed by atoms with Gasteiger partial charge in [0, 0.05) is 18.8 Å². The molecule has 0 fully saturated rings. The Morgan fingerprint density at radius 1 is 0.795 bits per heavy atom. The third-order valence-electron chi connectivity index (χ3n) is 5.18. The van der Waals surface area contributed by atoms with Crippen LogP contribution >= 0.6 is 0 Å². The second-order valence-electron chi connectivity index (χ2n) is 8.98. The second-order valence-corrected chi connectivity index (χ2v) is 12.1. The van der Waals surface area contributed by atoms with E-state index < -0.39 is 20.2 Å². The smallest absolute Gasteiger partial charge is 0.859 e. The quantitative estimate of drug-likeness (QED) is 0.0461. The summed E-state index contributed by atoms with van der Waals surface area (Å²) in [5, 5.41) is 13.9. The maximum atomic E-state index is 11.3. The number of nitrogens with zero attached hydrogens (tertiary/aromatic N) is 1. The Hall–Kier alpha value is -0.500. The van der Waals surface area contributed by atoms with Crippen LogP contribution in [-0.2, 0) is 25.0 Å². The number of allylic oxidation sites excluding steroid dienone is 2. The fraction of sp³-hybridized carbons (Fsp3) is 0.769. The van der Waals surface area contributed by atoms with E-state index in [1.54, 1.807) is 0 Å². The molecule has 0 unspecified atom stereocenters. The molecule has 0 aromatic rings. The van der Waals surface area contributed by atoms with E-state index in [-0.39, 0.29) is 74.0 Å². The first-order valence-electron chi connectivity index (χ1n) is 13.6. The number of unbranched alkanes of at least 4 members (excludes halogenated alkanes) is 10. The fourth-order valence-electron chi connectivity index (χ4n) is 3.07. The molecule has 0 rings (SSSR count). The summed E-state index contributed by atoms with van der Waals surface area (Å²) in [6, 6.07) is 0. The van der Waals surface area contributed by atoms with Crippen LogP contribution in [0.3, 0.4) is 0 Å².